The first-order valence-corrected chi connectivity index (χ1v) is 25.8. The molecule has 17 rings (SSSR count). The van der Waals surface area contributed by atoms with Crippen molar-refractivity contribution in [2.24, 2.45) is 0 Å². The van der Waals surface area contributed by atoms with Crippen LogP contribution in [0.1, 0.15) is 22.3 Å². The van der Waals surface area contributed by atoms with Crippen molar-refractivity contribution in [2.45, 2.75) is 5.41 Å². The first kappa shape index (κ1) is 40.7. The maximum absolute atomic E-state index is 7.44. The third kappa shape index (κ3) is 5.39. The third-order valence-electron chi connectivity index (χ3n) is 16.6. The Morgan fingerprint density at radius 1 is 0.347 bits per heavy atom. The highest BCUT2D eigenvalue weighted by Crippen LogP contribution is 2.67. The van der Waals surface area contributed by atoms with E-state index in [1.807, 2.05) is 0 Å². The summed E-state index contributed by atoms with van der Waals surface area (Å²) in [5.74, 6) is 0. The van der Waals surface area contributed by atoms with Gasteiger partial charge in [-0.2, -0.15) is 0 Å². The van der Waals surface area contributed by atoms with Crippen LogP contribution in [0.5, 0.6) is 0 Å². The van der Waals surface area contributed by atoms with E-state index in [9.17, 15) is 0 Å². The summed E-state index contributed by atoms with van der Waals surface area (Å²) in [6, 6.07) is 93.2. The number of para-hydroxylation sites is 4. The standard InChI is InChI=1S/C71H42N2O2/c1-2-19-47(20-3-1)72-59-28-13-8-24-53(59)65-60(72)29-16-30-61(65)73(48-37-35-44(36-38-48)46-34-33-43-17-4-5-18-45(43)41-46)62-42-58-67(66-54-25-10-15-32-64(54)75-70(62)66)68-57(40-39-52-51-23-9-14-31-63(51)74-69(52)68)71(58)55-26-11-6-21-49(55)50-22-7-12-27-56(50)71/h1-42H. The van der Waals surface area contributed by atoms with Crippen molar-refractivity contribution in [3.05, 3.63) is 277 Å². The van der Waals surface area contributed by atoms with Crippen molar-refractivity contribution in [1.82, 2.24) is 4.57 Å². The Morgan fingerprint density at radius 3 is 1.77 bits per heavy atom. The van der Waals surface area contributed by atoms with Gasteiger partial charge < -0.3 is 18.3 Å². The highest BCUT2D eigenvalue weighted by molar-refractivity contribution is 6.25. The van der Waals surface area contributed by atoms with Crippen molar-refractivity contribution in [3.63, 3.8) is 0 Å². The minimum Gasteiger partial charge on any atom is -0.455 e. The topological polar surface area (TPSA) is 34.5 Å². The van der Waals surface area contributed by atoms with Crippen molar-refractivity contribution >= 4 is 93.5 Å². The Balaban J connectivity index is 1.03. The molecule has 75 heavy (non-hydrogen) atoms. The number of hydrogen-bond acceptors (Lipinski definition) is 3. The van der Waals surface area contributed by atoms with Crippen LogP contribution in [0.3, 0.4) is 0 Å². The number of rotatable bonds is 5. The van der Waals surface area contributed by atoms with Gasteiger partial charge in [-0.3, -0.25) is 0 Å². The minimum atomic E-state index is -0.701. The Bertz CT molecular complexity index is 4850. The van der Waals surface area contributed by atoms with E-state index in [2.05, 4.69) is 264 Å². The van der Waals surface area contributed by atoms with Crippen LogP contribution < -0.4 is 4.90 Å². The summed E-state index contributed by atoms with van der Waals surface area (Å²) in [5.41, 5.74) is 21.1. The molecule has 2 aliphatic carbocycles. The van der Waals surface area contributed by atoms with E-state index in [0.29, 0.717) is 0 Å². The zero-order chi connectivity index (χ0) is 48.9. The van der Waals surface area contributed by atoms with Gasteiger partial charge in [0.1, 0.15) is 16.7 Å². The fourth-order valence-electron chi connectivity index (χ4n) is 13.5. The molecule has 0 N–H and O–H groups in total. The van der Waals surface area contributed by atoms with Crippen LogP contribution in [-0.4, -0.2) is 4.57 Å². The second kappa shape index (κ2) is 15.1. The van der Waals surface area contributed by atoms with Gasteiger partial charge in [0.25, 0.3) is 0 Å². The molecule has 0 unspecified atom stereocenters. The molecule has 0 aliphatic heterocycles. The molecule has 1 spiro atoms. The van der Waals surface area contributed by atoms with E-state index in [1.165, 1.54) is 55.1 Å². The summed E-state index contributed by atoms with van der Waals surface area (Å²) >= 11 is 0. The number of nitrogens with zero attached hydrogens (tertiary/aromatic N) is 2. The summed E-state index contributed by atoms with van der Waals surface area (Å²) in [7, 11) is 0. The summed E-state index contributed by atoms with van der Waals surface area (Å²) in [5, 5.41) is 9.11. The second-order valence-corrected chi connectivity index (χ2v) is 20.2. The molecular weight excluding hydrogens is 913 g/mol. The summed E-state index contributed by atoms with van der Waals surface area (Å²) in [4.78, 5) is 2.49. The molecular formula is C71H42N2O2. The molecule has 0 fully saturated rings. The van der Waals surface area contributed by atoms with E-state index in [0.717, 1.165) is 99.7 Å². The van der Waals surface area contributed by atoms with Crippen LogP contribution in [0.2, 0.25) is 0 Å². The van der Waals surface area contributed by atoms with Crippen LogP contribution >= 0.6 is 0 Å². The van der Waals surface area contributed by atoms with E-state index in [1.54, 1.807) is 0 Å². The highest BCUT2D eigenvalue weighted by atomic mass is 16.3. The first-order chi connectivity index (χ1) is 37.2. The number of aromatic nitrogens is 1. The lowest BCUT2D eigenvalue weighted by Gasteiger charge is -2.32. The number of hydrogen-bond donors (Lipinski definition) is 0. The molecule has 0 radical (unpaired) electrons. The molecule has 3 aromatic heterocycles. The Labute approximate surface area is 431 Å². The lowest BCUT2D eigenvalue weighted by Crippen LogP contribution is -2.26. The number of furan rings is 2. The predicted octanol–water partition coefficient (Wildman–Crippen LogP) is 19.2. The Kier molecular flexibility index (Phi) is 8.18. The Morgan fingerprint density at radius 2 is 0.973 bits per heavy atom. The minimum absolute atomic E-state index is 0.701. The molecule has 0 saturated heterocycles. The van der Waals surface area contributed by atoms with Crippen molar-refractivity contribution < 1.29 is 8.83 Å². The van der Waals surface area contributed by atoms with Gasteiger partial charge >= 0.3 is 0 Å². The van der Waals surface area contributed by atoms with E-state index >= 15 is 0 Å². The lowest BCUT2D eigenvalue weighted by molar-refractivity contribution is 0.668. The third-order valence-corrected chi connectivity index (χ3v) is 16.6. The van der Waals surface area contributed by atoms with Crippen LogP contribution in [0.15, 0.2) is 264 Å². The van der Waals surface area contributed by atoms with E-state index in [-0.39, 0.29) is 0 Å². The van der Waals surface area contributed by atoms with Crippen LogP contribution in [0.4, 0.5) is 17.1 Å². The van der Waals surface area contributed by atoms with Gasteiger partial charge in [-0.15, -0.1) is 0 Å². The number of fused-ring (bicyclic) bond motifs is 22. The van der Waals surface area contributed by atoms with Gasteiger partial charge in [0.05, 0.1) is 27.8 Å². The number of benzene rings is 12. The van der Waals surface area contributed by atoms with Gasteiger partial charge in [0, 0.05) is 54.8 Å². The van der Waals surface area contributed by atoms with Crippen LogP contribution in [-0.2, 0) is 5.41 Å². The average Bonchev–Trinajstić information content (AvgIpc) is 4.33. The predicted molar refractivity (Wildman–Crippen MR) is 309 cm³/mol. The largest absolute Gasteiger partial charge is 0.455 e. The lowest BCUT2D eigenvalue weighted by atomic mass is 9.70. The molecule has 4 nitrogen and oxygen atoms in total. The molecule has 15 aromatic rings. The van der Waals surface area contributed by atoms with Gasteiger partial charge in [-0.25, -0.2) is 0 Å². The molecule has 4 heteroatoms. The maximum Gasteiger partial charge on any atom is 0.160 e. The summed E-state index contributed by atoms with van der Waals surface area (Å²) in [6.07, 6.45) is 0. The fourth-order valence-corrected chi connectivity index (χ4v) is 13.5. The second-order valence-electron chi connectivity index (χ2n) is 20.2. The van der Waals surface area contributed by atoms with Gasteiger partial charge in [0.15, 0.2) is 5.58 Å². The molecule has 2 aliphatic rings. The Hall–Kier alpha value is -9.90. The smallest absolute Gasteiger partial charge is 0.160 e. The number of anilines is 3. The van der Waals surface area contributed by atoms with E-state index < -0.39 is 5.41 Å². The SMILES string of the molecule is c1ccc(-n2c3ccccc3c3c(N(c4ccc(-c5ccc6ccccc6c5)cc4)c4cc5c(c6c4oc4ccccc46)-c4c(ccc6c4oc4ccccc46)C54c5ccccc5-c5ccccc54)cccc32)cc1. The van der Waals surface area contributed by atoms with Crippen LogP contribution in [0.25, 0.3) is 116 Å². The monoisotopic (exact) mass is 954 g/mol. The maximum atomic E-state index is 7.44. The molecule has 0 bridgehead atoms. The summed E-state index contributed by atoms with van der Waals surface area (Å²) < 4.78 is 17.0. The van der Waals surface area contributed by atoms with Crippen LogP contribution in [0, 0.1) is 0 Å². The quantitative estimate of drug-likeness (QED) is 0.172. The van der Waals surface area contributed by atoms with Crippen molar-refractivity contribution in [2.75, 3.05) is 4.90 Å². The molecule has 12 aromatic carbocycles. The zero-order valence-electron chi connectivity index (χ0n) is 40.5. The van der Waals surface area contributed by atoms with Crippen molar-refractivity contribution in [3.8, 4) is 39.1 Å². The summed E-state index contributed by atoms with van der Waals surface area (Å²) in [6.45, 7) is 0. The normalized spacial score (nSPS) is 13.2. The molecule has 3 heterocycles. The zero-order valence-corrected chi connectivity index (χ0v) is 40.5. The van der Waals surface area contributed by atoms with Gasteiger partial charge in [-0.1, -0.05) is 188 Å². The molecule has 0 amide bonds. The van der Waals surface area contributed by atoms with Gasteiger partial charge in [0.2, 0.25) is 0 Å². The average molecular weight is 955 g/mol. The first-order valence-electron chi connectivity index (χ1n) is 25.8. The van der Waals surface area contributed by atoms with Crippen molar-refractivity contribution in [1.29, 1.82) is 0 Å². The fraction of sp³-hybridized carbons (Fsp3) is 0.0141. The van der Waals surface area contributed by atoms with Gasteiger partial charge in [-0.05, 0) is 122 Å². The molecule has 0 saturated carbocycles. The van der Waals surface area contributed by atoms with E-state index in [4.69, 9.17) is 8.83 Å². The highest BCUT2D eigenvalue weighted by Gasteiger charge is 2.54. The molecule has 348 valence electrons. The molecule has 0 atom stereocenters.